The molecule has 0 aliphatic carbocycles. The minimum absolute atomic E-state index is 0.670. The number of hydrogen-bond acceptors (Lipinski definition) is 3. The van der Waals surface area contributed by atoms with E-state index in [-0.39, 0.29) is 0 Å². The number of hydrogen-bond donors (Lipinski definition) is 1. The van der Waals surface area contributed by atoms with Crippen LogP contribution in [-0.2, 0) is 4.74 Å². The van der Waals surface area contributed by atoms with Crippen molar-refractivity contribution in [1.82, 2.24) is 0 Å². The van der Waals surface area contributed by atoms with Gasteiger partial charge in [0, 0.05) is 29.0 Å². The average molecular weight is 223 g/mol. The van der Waals surface area contributed by atoms with Crippen LogP contribution in [0.1, 0.15) is 18.4 Å². The number of rotatable bonds is 2. The van der Waals surface area contributed by atoms with Crippen LogP contribution in [0, 0.1) is 6.92 Å². The lowest BCUT2D eigenvalue weighted by Crippen LogP contribution is -2.17. The Bertz CT molecular complexity index is 334. The van der Waals surface area contributed by atoms with Crippen molar-refractivity contribution in [2.75, 3.05) is 18.9 Å². The third-order valence-electron chi connectivity index (χ3n) is 2.63. The van der Waals surface area contributed by atoms with E-state index in [1.807, 2.05) is 17.8 Å². The first-order valence-electron chi connectivity index (χ1n) is 5.36. The molecule has 1 fully saturated rings. The van der Waals surface area contributed by atoms with Gasteiger partial charge in [-0.15, -0.1) is 11.8 Å². The van der Waals surface area contributed by atoms with Gasteiger partial charge in [0.2, 0.25) is 0 Å². The fourth-order valence-corrected chi connectivity index (χ4v) is 2.88. The molecular formula is C12H17NOS. The van der Waals surface area contributed by atoms with E-state index in [9.17, 15) is 0 Å². The van der Waals surface area contributed by atoms with Gasteiger partial charge in [-0.05, 0) is 37.5 Å². The van der Waals surface area contributed by atoms with Gasteiger partial charge in [-0.25, -0.2) is 0 Å². The van der Waals surface area contributed by atoms with Crippen LogP contribution >= 0.6 is 11.8 Å². The smallest absolute Gasteiger partial charge is 0.0476 e. The van der Waals surface area contributed by atoms with Gasteiger partial charge in [-0.1, -0.05) is 6.07 Å². The first kappa shape index (κ1) is 10.8. The SMILES string of the molecule is Cc1ccc(SC2CCOCC2)c(N)c1. The normalized spacial score (nSPS) is 17.9. The molecule has 2 rings (SSSR count). The van der Waals surface area contributed by atoms with Gasteiger partial charge >= 0.3 is 0 Å². The van der Waals surface area contributed by atoms with Crippen molar-refractivity contribution in [1.29, 1.82) is 0 Å². The standard InChI is InChI=1S/C12H17NOS/c1-9-2-3-12(11(13)8-9)15-10-4-6-14-7-5-10/h2-3,8,10H,4-7,13H2,1H3. The van der Waals surface area contributed by atoms with E-state index in [4.69, 9.17) is 10.5 Å². The van der Waals surface area contributed by atoms with Crippen LogP contribution in [0.5, 0.6) is 0 Å². The van der Waals surface area contributed by atoms with E-state index in [2.05, 4.69) is 19.1 Å². The summed E-state index contributed by atoms with van der Waals surface area (Å²) in [5.41, 5.74) is 8.12. The first-order chi connectivity index (χ1) is 7.25. The predicted octanol–water partition coefficient (Wildman–Crippen LogP) is 2.85. The molecule has 1 aliphatic heterocycles. The second-order valence-electron chi connectivity index (χ2n) is 3.97. The molecule has 0 saturated carbocycles. The zero-order valence-corrected chi connectivity index (χ0v) is 9.85. The van der Waals surface area contributed by atoms with Gasteiger partial charge < -0.3 is 10.5 Å². The van der Waals surface area contributed by atoms with Crippen LogP contribution in [0.25, 0.3) is 0 Å². The molecule has 0 unspecified atom stereocenters. The van der Waals surface area contributed by atoms with Crippen LogP contribution in [0.15, 0.2) is 23.1 Å². The average Bonchev–Trinajstić information content (AvgIpc) is 2.24. The monoisotopic (exact) mass is 223 g/mol. The van der Waals surface area contributed by atoms with Gasteiger partial charge in [0.15, 0.2) is 0 Å². The largest absolute Gasteiger partial charge is 0.398 e. The Morgan fingerprint density at radius 3 is 2.73 bits per heavy atom. The number of nitrogen functional groups attached to an aromatic ring is 1. The van der Waals surface area contributed by atoms with Gasteiger partial charge in [-0.2, -0.15) is 0 Å². The van der Waals surface area contributed by atoms with Gasteiger partial charge in [0.05, 0.1) is 0 Å². The molecule has 0 atom stereocenters. The maximum absolute atomic E-state index is 5.99. The summed E-state index contributed by atoms with van der Waals surface area (Å²) in [5, 5.41) is 0.670. The molecule has 3 heteroatoms. The molecule has 2 N–H and O–H groups in total. The Morgan fingerprint density at radius 2 is 2.07 bits per heavy atom. The van der Waals surface area contributed by atoms with Crippen molar-refractivity contribution in [2.45, 2.75) is 29.9 Å². The van der Waals surface area contributed by atoms with Crippen molar-refractivity contribution in [3.05, 3.63) is 23.8 Å². The molecule has 82 valence electrons. The Labute approximate surface area is 95.2 Å². The molecule has 0 radical (unpaired) electrons. The lowest BCUT2D eigenvalue weighted by atomic mass is 10.2. The predicted molar refractivity (Wildman–Crippen MR) is 65.3 cm³/mol. The molecule has 2 nitrogen and oxygen atoms in total. The second-order valence-corrected chi connectivity index (χ2v) is 5.31. The molecule has 1 aromatic carbocycles. The van der Waals surface area contributed by atoms with E-state index in [0.717, 1.165) is 31.7 Å². The maximum Gasteiger partial charge on any atom is 0.0476 e. The third-order valence-corrected chi connectivity index (χ3v) is 4.06. The van der Waals surface area contributed by atoms with E-state index in [1.165, 1.54) is 10.5 Å². The first-order valence-corrected chi connectivity index (χ1v) is 6.24. The van der Waals surface area contributed by atoms with Gasteiger partial charge in [-0.3, -0.25) is 0 Å². The minimum atomic E-state index is 0.670. The van der Waals surface area contributed by atoms with Crippen molar-refractivity contribution in [3.8, 4) is 0 Å². The summed E-state index contributed by atoms with van der Waals surface area (Å²) in [6, 6.07) is 6.30. The van der Waals surface area contributed by atoms with Gasteiger partial charge in [0.1, 0.15) is 0 Å². The summed E-state index contributed by atoms with van der Waals surface area (Å²) < 4.78 is 5.34. The van der Waals surface area contributed by atoms with Crippen LogP contribution in [0.2, 0.25) is 0 Å². The summed E-state index contributed by atoms with van der Waals surface area (Å²) in [7, 11) is 0. The number of ether oxygens (including phenoxy) is 1. The molecule has 1 saturated heterocycles. The topological polar surface area (TPSA) is 35.2 Å². The van der Waals surface area contributed by atoms with Crippen LogP contribution in [0.3, 0.4) is 0 Å². The van der Waals surface area contributed by atoms with Gasteiger partial charge in [0.25, 0.3) is 0 Å². The Balaban J connectivity index is 2.03. The van der Waals surface area contributed by atoms with Crippen LogP contribution in [0.4, 0.5) is 5.69 Å². The summed E-state index contributed by atoms with van der Waals surface area (Å²) in [6.07, 6.45) is 2.27. The number of anilines is 1. The molecule has 0 bridgehead atoms. The molecule has 0 aromatic heterocycles. The molecule has 1 heterocycles. The summed E-state index contributed by atoms with van der Waals surface area (Å²) >= 11 is 1.89. The third kappa shape index (κ3) is 2.89. The molecule has 15 heavy (non-hydrogen) atoms. The molecule has 1 aliphatic rings. The fraction of sp³-hybridized carbons (Fsp3) is 0.500. The molecule has 1 aromatic rings. The number of nitrogens with two attached hydrogens (primary N) is 1. The summed E-state index contributed by atoms with van der Waals surface area (Å²) in [6.45, 7) is 3.85. The minimum Gasteiger partial charge on any atom is -0.398 e. The van der Waals surface area contributed by atoms with Crippen LogP contribution in [-0.4, -0.2) is 18.5 Å². The highest BCUT2D eigenvalue weighted by atomic mass is 32.2. The number of benzene rings is 1. The zero-order chi connectivity index (χ0) is 10.7. The number of aryl methyl sites for hydroxylation is 1. The quantitative estimate of drug-likeness (QED) is 0.783. The van der Waals surface area contributed by atoms with E-state index in [0.29, 0.717) is 5.25 Å². The fourth-order valence-electron chi connectivity index (χ4n) is 1.75. The van der Waals surface area contributed by atoms with Crippen molar-refractivity contribution in [2.24, 2.45) is 0 Å². The van der Waals surface area contributed by atoms with Crippen molar-refractivity contribution in [3.63, 3.8) is 0 Å². The lowest BCUT2D eigenvalue weighted by Gasteiger charge is -2.22. The Morgan fingerprint density at radius 1 is 1.33 bits per heavy atom. The second kappa shape index (κ2) is 4.90. The molecule has 0 spiro atoms. The highest BCUT2D eigenvalue weighted by molar-refractivity contribution is 8.00. The highest BCUT2D eigenvalue weighted by Crippen LogP contribution is 2.33. The summed E-state index contributed by atoms with van der Waals surface area (Å²) in [4.78, 5) is 1.22. The van der Waals surface area contributed by atoms with E-state index < -0.39 is 0 Å². The highest BCUT2D eigenvalue weighted by Gasteiger charge is 2.15. The molecular weight excluding hydrogens is 206 g/mol. The van der Waals surface area contributed by atoms with E-state index >= 15 is 0 Å². The number of thioether (sulfide) groups is 1. The zero-order valence-electron chi connectivity index (χ0n) is 9.03. The lowest BCUT2D eigenvalue weighted by molar-refractivity contribution is 0.100. The summed E-state index contributed by atoms with van der Waals surface area (Å²) in [5.74, 6) is 0. The van der Waals surface area contributed by atoms with Crippen molar-refractivity contribution >= 4 is 17.4 Å². The van der Waals surface area contributed by atoms with Crippen molar-refractivity contribution < 1.29 is 4.74 Å². The Kier molecular flexibility index (Phi) is 3.54. The van der Waals surface area contributed by atoms with E-state index in [1.54, 1.807) is 0 Å². The Hall–Kier alpha value is -0.670. The maximum atomic E-state index is 5.99. The van der Waals surface area contributed by atoms with Crippen LogP contribution < -0.4 is 5.73 Å². The molecule has 0 amide bonds.